The van der Waals surface area contributed by atoms with Gasteiger partial charge in [0, 0.05) is 12.3 Å². The maximum absolute atomic E-state index is 14.7. The Morgan fingerprint density at radius 2 is 1.55 bits per heavy atom. The van der Waals surface area contributed by atoms with Crippen molar-refractivity contribution in [1.82, 2.24) is 0 Å². The number of halogens is 2. The average molecular weight is 312 g/mol. The Hall–Kier alpha value is -0.140. The lowest BCUT2D eigenvalue weighted by Crippen LogP contribution is -2.49. The predicted molar refractivity (Wildman–Crippen MR) is 88.2 cm³/mol. The molecule has 22 heavy (non-hydrogen) atoms. The van der Waals surface area contributed by atoms with Crippen LogP contribution in [0.2, 0.25) is 0 Å². The van der Waals surface area contributed by atoms with E-state index < -0.39 is 5.92 Å². The van der Waals surface area contributed by atoms with Gasteiger partial charge in [0.05, 0.1) is 0 Å². The van der Waals surface area contributed by atoms with Crippen molar-refractivity contribution in [2.45, 2.75) is 103 Å². The van der Waals surface area contributed by atoms with Crippen LogP contribution < -0.4 is 0 Å². The third-order valence-corrected chi connectivity index (χ3v) is 7.96. The summed E-state index contributed by atoms with van der Waals surface area (Å²) in [6.07, 6.45) is 13.7. The van der Waals surface area contributed by atoms with E-state index in [1.54, 1.807) is 0 Å². The highest BCUT2D eigenvalue weighted by Gasteiger charge is 2.55. The molecule has 0 heterocycles. The molecule has 0 nitrogen and oxygen atoms in total. The van der Waals surface area contributed by atoms with Crippen molar-refractivity contribution in [2.75, 3.05) is 0 Å². The van der Waals surface area contributed by atoms with Crippen LogP contribution in [0.25, 0.3) is 0 Å². The first-order valence-corrected chi connectivity index (χ1v) is 9.83. The Kier molecular flexibility index (Phi) is 4.60. The molecule has 2 atom stereocenters. The summed E-state index contributed by atoms with van der Waals surface area (Å²) in [6, 6.07) is 0. The molecule has 4 aliphatic rings. The molecule has 0 aromatic rings. The van der Waals surface area contributed by atoms with Gasteiger partial charge in [0.2, 0.25) is 0 Å². The van der Waals surface area contributed by atoms with Crippen LogP contribution >= 0.6 is 0 Å². The van der Waals surface area contributed by atoms with Crippen molar-refractivity contribution in [3.05, 3.63) is 0 Å². The van der Waals surface area contributed by atoms with E-state index in [-0.39, 0.29) is 17.8 Å². The summed E-state index contributed by atoms with van der Waals surface area (Å²) in [5.74, 6) is -2.43. The van der Waals surface area contributed by atoms with Crippen LogP contribution in [0.4, 0.5) is 8.78 Å². The van der Waals surface area contributed by atoms with Gasteiger partial charge >= 0.3 is 0 Å². The zero-order chi connectivity index (χ0) is 15.8. The summed E-state index contributed by atoms with van der Waals surface area (Å²) in [6.45, 7) is 4.43. The molecule has 0 radical (unpaired) electrons. The fourth-order valence-electron chi connectivity index (χ4n) is 5.97. The molecular formula is C20H34F2. The Morgan fingerprint density at radius 1 is 0.909 bits per heavy atom. The highest BCUT2D eigenvalue weighted by molar-refractivity contribution is 5.04. The van der Waals surface area contributed by atoms with Crippen LogP contribution in [0, 0.1) is 22.7 Å². The fraction of sp³-hybridized carbons (Fsp3) is 1.00. The topological polar surface area (TPSA) is 0 Å². The smallest absolute Gasteiger partial charge is 0.207 e. The van der Waals surface area contributed by atoms with Gasteiger partial charge in [-0.1, -0.05) is 33.1 Å². The van der Waals surface area contributed by atoms with Crippen molar-refractivity contribution < 1.29 is 8.78 Å². The van der Waals surface area contributed by atoms with Gasteiger partial charge in [-0.05, 0) is 74.5 Å². The number of rotatable bonds is 5. The number of hydrogen-bond acceptors (Lipinski definition) is 0. The zero-order valence-corrected chi connectivity index (χ0v) is 14.6. The second kappa shape index (κ2) is 6.06. The summed E-state index contributed by atoms with van der Waals surface area (Å²) in [5, 5.41) is 0. The molecule has 4 saturated carbocycles. The zero-order valence-electron chi connectivity index (χ0n) is 14.6. The van der Waals surface area contributed by atoms with Gasteiger partial charge in [-0.2, -0.15) is 0 Å². The lowest BCUT2D eigenvalue weighted by Gasteiger charge is -2.58. The fourth-order valence-corrected chi connectivity index (χ4v) is 5.97. The van der Waals surface area contributed by atoms with Crippen LogP contribution in [-0.4, -0.2) is 5.92 Å². The highest BCUT2D eigenvalue weighted by Crippen LogP contribution is 2.64. The number of fused-ring (bicyclic) bond motifs is 3. The van der Waals surface area contributed by atoms with E-state index in [2.05, 4.69) is 13.8 Å². The molecule has 4 rings (SSSR count). The number of hydrogen-bond donors (Lipinski definition) is 0. The summed E-state index contributed by atoms with van der Waals surface area (Å²) in [4.78, 5) is 0. The van der Waals surface area contributed by atoms with E-state index in [0.717, 1.165) is 32.1 Å². The second-order valence-electron chi connectivity index (χ2n) is 8.79. The molecule has 4 fully saturated rings. The van der Waals surface area contributed by atoms with E-state index in [1.807, 2.05) is 0 Å². The standard InChI is InChI=1S/C20H34F2/c1-3-5-6-16-7-8-17(15-20(16,21)22)19-12-9-18(4-2,10-13-19)11-14-19/h16-17H,3-15H2,1-2H3/t16-,17-,18?,19?/m0/s1. The van der Waals surface area contributed by atoms with E-state index >= 15 is 0 Å². The first-order valence-electron chi connectivity index (χ1n) is 9.83. The third-order valence-electron chi connectivity index (χ3n) is 7.96. The van der Waals surface area contributed by atoms with E-state index in [9.17, 15) is 8.78 Å². The molecule has 2 heteroatoms. The molecule has 0 N–H and O–H groups in total. The maximum atomic E-state index is 14.7. The molecule has 0 aromatic heterocycles. The van der Waals surface area contributed by atoms with Gasteiger partial charge in [-0.25, -0.2) is 8.78 Å². The average Bonchev–Trinajstić information content (AvgIpc) is 2.55. The molecule has 4 aliphatic carbocycles. The Morgan fingerprint density at radius 3 is 2.05 bits per heavy atom. The molecule has 0 aliphatic heterocycles. The molecule has 0 unspecified atom stereocenters. The van der Waals surface area contributed by atoms with Crippen LogP contribution in [0.5, 0.6) is 0 Å². The largest absolute Gasteiger partial charge is 0.251 e. The molecule has 0 spiro atoms. The van der Waals surface area contributed by atoms with Crippen LogP contribution in [0.15, 0.2) is 0 Å². The van der Waals surface area contributed by atoms with Gasteiger partial charge in [0.25, 0.3) is 5.92 Å². The van der Waals surface area contributed by atoms with Gasteiger partial charge < -0.3 is 0 Å². The Labute approximate surface area is 135 Å². The summed E-state index contributed by atoms with van der Waals surface area (Å²) in [5.41, 5.74) is 0.874. The van der Waals surface area contributed by atoms with Crippen LogP contribution in [0.3, 0.4) is 0 Å². The first-order chi connectivity index (χ1) is 10.5. The van der Waals surface area contributed by atoms with Gasteiger partial charge in [-0.3, -0.25) is 0 Å². The summed E-state index contributed by atoms with van der Waals surface area (Å²) < 4.78 is 29.3. The molecule has 0 aromatic carbocycles. The van der Waals surface area contributed by atoms with Crippen molar-refractivity contribution in [3.63, 3.8) is 0 Å². The lowest BCUT2D eigenvalue weighted by atomic mass is 9.47. The normalized spacial score (nSPS) is 44.2. The summed E-state index contributed by atoms with van der Waals surface area (Å²) in [7, 11) is 0. The second-order valence-corrected chi connectivity index (χ2v) is 8.79. The van der Waals surface area contributed by atoms with Crippen molar-refractivity contribution in [2.24, 2.45) is 22.7 Å². The molecule has 128 valence electrons. The van der Waals surface area contributed by atoms with Crippen LogP contribution in [0.1, 0.15) is 97.3 Å². The molecular weight excluding hydrogens is 278 g/mol. The predicted octanol–water partition coefficient (Wildman–Crippen LogP) is 6.98. The van der Waals surface area contributed by atoms with Crippen molar-refractivity contribution >= 4 is 0 Å². The maximum Gasteiger partial charge on any atom is 0.251 e. The number of unbranched alkanes of at least 4 members (excludes halogenated alkanes) is 1. The highest BCUT2D eigenvalue weighted by atomic mass is 19.3. The van der Waals surface area contributed by atoms with Crippen LogP contribution in [-0.2, 0) is 0 Å². The lowest BCUT2D eigenvalue weighted by molar-refractivity contribution is -0.147. The Bertz CT molecular complexity index is 363. The van der Waals surface area contributed by atoms with E-state index in [4.69, 9.17) is 0 Å². The minimum atomic E-state index is -2.40. The van der Waals surface area contributed by atoms with Crippen molar-refractivity contribution in [1.29, 1.82) is 0 Å². The monoisotopic (exact) mass is 312 g/mol. The molecule has 0 amide bonds. The minimum absolute atomic E-state index is 0.195. The van der Waals surface area contributed by atoms with Gasteiger partial charge in [-0.15, -0.1) is 0 Å². The minimum Gasteiger partial charge on any atom is -0.207 e. The molecule has 2 bridgehead atoms. The van der Waals surface area contributed by atoms with Gasteiger partial charge in [0.1, 0.15) is 0 Å². The first kappa shape index (κ1) is 16.7. The van der Waals surface area contributed by atoms with Gasteiger partial charge in [0.15, 0.2) is 0 Å². The van der Waals surface area contributed by atoms with Crippen molar-refractivity contribution in [3.8, 4) is 0 Å². The van der Waals surface area contributed by atoms with E-state index in [0.29, 0.717) is 11.3 Å². The SMILES string of the molecule is CCCC[C@H]1CC[C@H](C23CCC(CC)(CC2)CC3)CC1(F)F. The summed E-state index contributed by atoms with van der Waals surface area (Å²) >= 11 is 0. The Balaban J connectivity index is 1.65. The quantitative estimate of drug-likeness (QED) is 0.513. The molecule has 0 saturated heterocycles. The number of alkyl halides is 2. The third kappa shape index (κ3) is 2.84. The van der Waals surface area contributed by atoms with E-state index in [1.165, 1.54) is 44.9 Å².